The van der Waals surface area contributed by atoms with E-state index in [4.69, 9.17) is 67.5 Å². The van der Waals surface area contributed by atoms with Gasteiger partial charge in [-0.1, -0.05) is 58.0 Å². The first-order valence-corrected chi connectivity index (χ1v) is 11.7. The van der Waals surface area contributed by atoms with Crippen LogP contribution in [-0.4, -0.2) is 25.1 Å². The molecule has 0 unspecified atom stereocenters. The van der Waals surface area contributed by atoms with Crippen LogP contribution in [0.5, 0.6) is 5.75 Å². The number of amides is 1. The molecular weight excluding hydrogens is 516 g/mol. The largest absolute Gasteiger partial charge is 0.481 e. The van der Waals surface area contributed by atoms with Crippen molar-refractivity contribution in [2.75, 3.05) is 18.5 Å². The first-order chi connectivity index (χ1) is 14.3. The van der Waals surface area contributed by atoms with E-state index in [1.54, 1.807) is 6.92 Å². The van der Waals surface area contributed by atoms with Crippen molar-refractivity contribution in [3.63, 3.8) is 0 Å². The molecule has 2 aromatic rings. The molecule has 30 heavy (non-hydrogen) atoms. The second-order valence-electron chi connectivity index (χ2n) is 6.37. The lowest BCUT2D eigenvalue weighted by atomic mass is 9.95. The molecule has 0 saturated carbocycles. The summed E-state index contributed by atoms with van der Waals surface area (Å²) in [6, 6.07) is 0. The minimum absolute atomic E-state index is 0.00613. The highest BCUT2D eigenvalue weighted by atomic mass is 35.5. The zero-order chi connectivity index (χ0) is 22.0. The average Bonchev–Trinajstić information content (AvgIpc) is 3.08. The molecule has 0 bridgehead atoms. The van der Waals surface area contributed by atoms with Gasteiger partial charge in [0.2, 0.25) is 0 Å². The van der Waals surface area contributed by atoms with Crippen molar-refractivity contribution < 1.29 is 19.1 Å². The standard InChI is InChI=1S/C19H16Cl5NO4S/c1-2-28-19(27)11-8-5-3-4-6-9(8)30-18(11)25-10(26)7-29-17-15(23)13(21)12(20)14(22)16(17)24/h2-7H2,1H3,(H,25,26). The van der Waals surface area contributed by atoms with Gasteiger partial charge in [0.25, 0.3) is 5.91 Å². The fraction of sp³-hybridized carbons (Fsp3) is 0.368. The first kappa shape index (κ1) is 23.8. The monoisotopic (exact) mass is 529 g/mol. The van der Waals surface area contributed by atoms with Gasteiger partial charge in [0.15, 0.2) is 12.4 Å². The predicted octanol–water partition coefficient (Wildman–Crippen LogP) is 7.09. The molecule has 1 heterocycles. The van der Waals surface area contributed by atoms with Crippen LogP contribution in [0.4, 0.5) is 5.00 Å². The molecule has 1 aliphatic rings. The highest BCUT2D eigenvalue weighted by Crippen LogP contribution is 2.48. The number of benzene rings is 1. The lowest BCUT2D eigenvalue weighted by molar-refractivity contribution is -0.118. The lowest BCUT2D eigenvalue weighted by Crippen LogP contribution is -2.21. The molecule has 1 aromatic heterocycles. The Kier molecular flexibility index (Phi) is 8.04. The van der Waals surface area contributed by atoms with Crippen LogP contribution < -0.4 is 10.1 Å². The summed E-state index contributed by atoms with van der Waals surface area (Å²) in [5, 5.41) is 3.00. The number of hydrogen-bond donors (Lipinski definition) is 1. The van der Waals surface area contributed by atoms with E-state index in [1.165, 1.54) is 11.3 Å². The fourth-order valence-electron chi connectivity index (χ4n) is 3.09. The quantitative estimate of drug-likeness (QED) is 0.246. The van der Waals surface area contributed by atoms with Crippen LogP contribution in [-0.2, 0) is 22.4 Å². The number of thiophene rings is 1. The highest BCUT2D eigenvalue weighted by Gasteiger charge is 2.27. The van der Waals surface area contributed by atoms with Crippen LogP contribution in [0.15, 0.2) is 0 Å². The van der Waals surface area contributed by atoms with E-state index in [0.717, 1.165) is 36.1 Å². The highest BCUT2D eigenvalue weighted by molar-refractivity contribution is 7.17. The smallest absolute Gasteiger partial charge is 0.341 e. The fourth-order valence-corrected chi connectivity index (χ4v) is 5.61. The number of carbonyl (C=O) groups excluding carboxylic acids is 2. The van der Waals surface area contributed by atoms with Gasteiger partial charge in [-0.15, -0.1) is 11.3 Å². The van der Waals surface area contributed by atoms with Crippen molar-refractivity contribution in [3.05, 3.63) is 41.1 Å². The maximum absolute atomic E-state index is 12.5. The molecule has 11 heteroatoms. The number of rotatable bonds is 6. The number of carbonyl (C=O) groups is 2. The van der Waals surface area contributed by atoms with Gasteiger partial charge in [-0.3, -0.25) is 4.79 Å². The number of ether oxygens (including phenoxy) is 2. The van der Waals surface area contributed by atoms with Crippen molar-refractivity contribution in [1.29, 1.82) is 0 Å². The molecule has 5 nitrogen and oxygen atoms in total. The SMILES string of the molecule is CCOC(=O)c1c(NC(=O)COc2c(Cl)c(Cl)c(Cl)c(Cl)c2Cl)sc2c1CCCC2. The minimum atomic E-state index is -0.506. The zero-order valence-electron chi connectivity index (χ0n) is 15.7. The molecular formula is C19H16Cl5NO4S. The maximum atomic E-state index is 12.5. The molecule has 1 aliphatic carbocycles. The maximum Gasteiger partial charge on any atom is 0.341 e. The van der Waals surface area contributed by atoms with Gasteiger partial charge in [-0.25, -0.2) is 4.79 Å². The summed E-state index contributed by atoms with van der Waals surface area (Å²) in [7, 11) is 0. The Morgan fingerprint density at radius 3 is 2.20 bits per heavy atom. The molecule has 0 fully saturated rings. The second kappa shape index (κ2) is 10.2. The predicted molar refractivity (Wildman–Crippen MR) is 123 cm³/mol. The third kappa shape index (κ3) is 4.79. The molecule has 0 saturated heterocycles. The van der Waals surface area contributed by atoms with Gasteiger partial charge in [0.05, 0.1) is 27.2 Å². The number of esters is 1. The van der Waals surface area contributed by atoms with Crippen LogP contribution in [0.2, 0.25) is 25.1 Å². The molecule has 0 radical (unpaired) electrons. The Labute approximate surface area is 202 Å². The Balaban J connectivity index is 1.79. The number of anilines is 1. The second-order valence-corrected chi connectivity index (χ2v) is 9.37. The van der Waals surface area contributed by atoms with Crippen LogP contribution in [0, 0.1) is 0 Å². The molecule has 1 amide bonds. The van der Waals surface area contributed by atoms with Gasteiger partial charge in [0, 0.05) is 4.88 Å². The summed E-state index contributed by atoms with van der Waals surface area (Å²) in [5.41, 5.74) is 1.36. The number of nitrogens with one attached hydrogen (secondary N) is 1. The Bertz CT molecular complexity index is 979. The molecule has 1 aromatic carbocycles. The summed E-state index contributed by atoms with van der Waals surface area (Å²) < 4.78 is 10.6. The Morgan fingerprint density at radius 2 is 1.57 bits per heavy atom. The first-order valence-electron chi connectivity index (χ1n) is 9.01. The van der Waals surface area contributed by atoms with Crippen molar-refractivity contribution in [3.8, 4) is 5.75 Å². The number of halogens is 5. The van der Waals surface area contributed by atoms with Gasteiger partial charge >= 0.3 is 5.97 Å². The molecule has 0 atom stereocenters. The van der Waals surface area contributed by atoms with Gasteiger partial charge < -0.3 is 14.8 Å². The number of hydrogen-bond acceptors (Lipinski definition) is 5. The number of aryl methyl sites for hydroxylation is 1. The molecule has 0 spiro atoms. The van der Waals surface area contributed by atoms with Crippen molar-refractivity contribution in [1.82, 2.24) is 0 Å². The molecule has 3 rings (SSSR count). The van der Waals surface area contributed by atoms with E-state index in [0.29, 0.717) is 10.6 Å². The summed E-state index contributed by atoms with van der Waals surface area (Å²) in [6.07, 6.45) is 3.67. The topological polar surface area (TPSA) is 64.6 Å². The summed E-state index contributed by atoms with van der Waals surface area (Å²) in [4.78, 5) is 26.1. The normalized spacial score (nSPS) is 13.0. The van der Waals surface area contributed by atoms with Crippen molar-refractivity contribution in [2.24, 2.45) is 0 Å². The van der Waals surface area contributed by atoms with E-state index < -0.39 is 18.5 Å². The average molecular weight is 532 g/mol. The molecule has 0 aliphatic heterocycles. The van der Waals surface area contributed by atoms with Crippen LogP contribution in [0.1, 0.15) is 40.6 Å². The number of fused-ring (bicyclic) bond motifs is 1. The molecule has 1 N–H and O–H groups in total. The minimum Gasteiger partial charge on any atom is -0.481 e. The summed E-state index contributed by atoms with van der Waals surface area (Å²) in [5.74, 6) is -1.01. The van der Waals surface area contributed by atoms with Crippen molar-refractivity contribution >= 4 is 86.2 Å². The lowest BCUT2D eigenvalue weighted by Gasteiger charge is -2.14. The van der Waals surface area contributed by atoms with E-state index in [9.17, 15) is 9.59 Å². The van der Waals surface area contributed by atoms with Crippen LogP contribution in [0.3, 0.4) is 0 Å². The van der Waals surface area contributed by atoms with Crippen molar-refractivity contribution in [2.45, 2.75) is 32.6 Å². The van der Waals surface area contributed by atoms with Crippen LogP contribution >= 0.6 is 69.3 Å². The van der Waals surface area contributed by atoms with Gasteiger partial charge in [-0.2, -0.15) is 0 Å². The Morgan fingerprint density at radius 1 is 0.967 bits per heavy atom. The van der Waals surface area contributed by atoms with E-state index in [2.05, 4.69) is 5.32 Å². The Hall–Kier alpha value is -0.890. The van der Waals surface area contributed by atoms with Gasteiger partial charge in [-0.05, 0) is 38.2 Å². The molecule has 162 valence electrons. The third-order valence-corrected chi connectivity index (χ3v) is 7.87. The van der Waals surface area contributed by atoms with Gasteiger partial charge in [0.1, 0.15) is 15.0 Å². The summed E-state index contributed by atoms with van der Waals surface area (Å²) in [6.45, 7) is 1.55. The van der Waals surface area contributed by atoms with E-state index in [1.807, 2.05) is 0 Å². The zero-order valence-corrected chi connectivity index (χ0v) is 20.3. The summed E-state index contributed by atoms with van der Waals surface area (Å²) >= 11 is 31.6. The van der Waals surface area contributed by atoms with Crippen LogP contribution in [0.25, 0.3) is 0 Å². The third-order valence-electron chi connectivity index (χ3n) is 4.42. The van der Waals surface area contributed by atoms with E-state index in [-0.39, 0.29) is 37.5 Å². The van der Waals surface area contributed by atoms with E-state index >= 15 is 0 Å².